The fraction of sp³-hybridized carbons (Fsp3) is 0.625. The summed E-state index contributed by atoms with van der Waals surface area (Å²) < 4.78 is 0. The molecule has 0 aliphatic carbocycles. The Morgan fingerprint density at radius 2 is 1.76 bits per heavy atom. The summed E-state index contributed by atoms with van der Waals surface area (Å²) in [5, 5.41) is 0. The zero-order chi connectivity index (χ0) is 12.5. The molecule has 0 N–H and O–H groups in total. The molecule has 1 aromatic rings. The highest BCUT2D eigenvalue weighted by Crippen LogP contribution is 2.34. The maximum Gasteiger partial charge on any atom is 0.0127 e. The number of hydrogen-bond acceptors (Lipinski definition) is 1. The van der Waals surface area contributed by atoms with Crippen molar-refractivity contribution in [2.24, 2.45) is 0 Å². The molecule has 0 aromatic heterocycles. The van der Waals surface area contributed by atoms with E-state index in [0.717, 1.165) is 5.92 Å². The van der Waals surface area contributed by atoms with E-state index in [1.165, 1.54) is 24.9 Å². The summed E-state index contributed by atoms with van der Waals surface area (Å²) in [5.74, 6) is 0.754. The van der Waals surface area contributed by atoms with E-state index in [0.29, 0.717) is 11.6 Å². The van der Waals surface area contributed by atoms with Crippen molar-refractivity contribution < 1.29 is 0 Å². The molecule has 1 heteroatoms. The van der Waals surface area contributed by atoms with Gasteiger partial charge >= 0.3 is 0 Å². The van der Waals surface area contributed by atoms with E-state index >= 15 is 0 Å². The number of hydrogen-bond donors (Lipinski definition) is 0. The molecule has 1 heterocycles. The molecular weight excluding hydrogens is 206 g/mol. The monoisotopic (exact) mass is 231 g/mol. The van der Waals surface area contributed by atoms with Gasteiger partial charge in [0.05, 0.1) is 0 Å². The Hall–Kier alpha value is -0.820. The van der Waals surface area contributed by atoms with Crippen LogP contribution in [0.15, 0.2) is 30.3 Å². The summed E-state index contributed by atoms with van der Waals surface area (Å²) in [6.45, 7) is 10.6. The van der Waals surface area contributed by atoms with Crippen molar-refractivity contribution in [3.05, 3.63) is 35.9 Å². The zero-order valence-corrected chi connectivity index (χ0v) is 11.6. The fourth-order valence-corrected chi connectivity index (χ4v) is 3.20. The summed E-state index contributed by atoms with van der Waals surface area (Å²) in [6, 6.07) is 11.7. The molecule has 1 fully saturated rings. The van der Waals surface area contributed by atoms with Crippen LogP contribution in [0.1, 0.15) is 52.0 Å². The smallest absolute Gasteiger partial charge is 0.0127 e. The third kappa shape index (κ3) is 2.90. The van der Waals surface area contributed by atoms with Crippen LogP contribution in [0.4, 0.5) is 0 Å². The minimum atomic E-state index is 0.307. The predicted octanol–water partition coefficient (Wildman–Crippen LogP) is 4.05. The molecule has 17 heavy (non-hydrogen) atoms. The molecule has 1 nitrogen and oxygen atoms in total. The second-order valence-corrected chi connectivity index (χ2v) is 6.35. The van der Waals surface area contributed by atoms with Crippen molar-refractivity contribution in [2.75, 3.05) is 6.54 Å². The van der Waals surface area contributed by atoms with Gasteiger partial charge in [-0.3, -0.25) is 4.90 Å². The lowest BCUT2D eigenvalue weighted by molar-refractivity contribution is 0.0527. The van der Waals surface area contributed by atoms with Gasteiger partial charge in [0.2, 0.25) is 0 Å². The second kappa shape index (κ2) is 4.81. The molecule has 0 bridgehead atoms. The van der Waals surface area contributed by atoms with Gasteiger partial charge in [-0.25, -0.2) is 0 Å². The van der Waals surface area contributed by atoms with Gasteiger partial charge in [0, 0.05) is 11.6 Å². The lowest BCUT2D eigenvalue weighted by Crippen LogP contribution is -2.50. The summed E-state index contributed by atoms with van der Waals surface area (Å²) in [7, 11) is 0. The van der Waals surface area contributed by atoms with Crippen molar-refractivity contribution in [3.63, 3.8) is 0 Å². The van der Waals surface area contributed by atoms with Gasteiger partial charge in [-0.15, -0.1) is 0 Å². The lowest BCUT2D eigenvalue weighted by Gasteiger charge is -2.45. The normalized spacial score (nSPS) is 27.1. The SMILES string of the molecule is C[C@@H]1C[C@H](c2ccccc2)CCN1C(C)(C)C. The first-order valence-corrected chi connectivity index (χ1v) is 6.80. The van der Waals surface area contributed by atoms with E-state index in [9.17, 15) is 0 Å². The Balaban J connectivity index is 2.05. The van der Waals surface area contributed by atoms with E-state index in [4.69, 9.17) is 0 Å². The highest BCUT2D eigenvalue weighted by molar-refractivity contribution is 5.20. The van der Waals surface area contributed by atoms with E-state index in [-0.39, 0.29) is 0 Å². The third-order valence-electron chi connectivity index (χ3n) is 4.01. The van der Waals surface area contributed by atoms with Crippen LogP contribution in [0, 0.1) is 0 Å². The molecule has 0 amide bonds. The molecule has 0 radical (unpaired) electrons. The van der Waals surface area contributed by atoms with Crippen molar-refractivity contribution in [1.29, 1.82) is 0 Å². The Bertz CT molecular complexity index is 350. The molecule has 1 saturated heterocycles. The topological polar surface area (TPSA) is 3.24 Å². The van der Waals surface area contributed by atoms with Crippen LogP contribution in [0.25, 0.3) is 0 Å². The maximum atomic E-state index is 2.65. The van der Waals surface area contributed by atoms with Crippen molar-refractivity contribution in [1.82, 2.24) is 4.90 Å². The van der Waals surface area contributed by atoms with Crippen LogP contribution < -0.4 is 0 Å². The van der Waals surface area contributed by atoms with Gasteiger partial charge in [0.25, 0.3) is 0 Å². The molecule has 1 aliphatic rings. The molecule has 1 aromatic carbocycles. The van der Waals surface area contributed by atoms with Crippen molar-refractivity contribution in [3.8, 4) is 0 Å². The quantitative estimate of drug-likeness (QED) is 0.704. The molecule has 94 valence electrons. The van der Waals surface area contributed by atoms with E-state index in [2.05, 4.69) is 62.9 Å². The third-order valence-corrected chi connectivity index (χ3v) is 4.01. The van der Waals surface area contributed by atoms with Crippen LogP contribution in [0.5, 0.6) is 0 Å². The van der Waals surface area contributed by atoms with Gasteiger partial charge in [-0.2, -0.15) is 0 Å². The van der Waals surface area contributed by atoms with Gasteiger partial charge in [0.15, 0.2) is 0 Å². The van der Waals surface area contributed by atoms with Crippen LogP contribution in [-0.2, 0) is 0 Å². The largest absolute Gasteiger partial charge is 0.296 e. The first-order valence-electron chi connectivity index (χ1n) is 6.80. The Labute approximate surface area is 106 Å². The number of rotatable bonds is 1. The first-order chi connectivity index (χ1) is 7.98. The highest BCUT2D eigenvalue weighted by Gasteiger charge is 2.32. The number of nitrogens with zero attached hydrogens (tertiary/aromatic N) is 1. The molecule has 1 aliphatic heterocycles. The second-order valence-electron chi connectivity index (χ2n) is 6.35. The average molecular weight is 231 g/mol. The van der Waals surface area contributed by atoms with Gasteiger partial charge in [-0.05, 0) is 58.6 Å². The van der Waals surface area contributed by atoms with Crippen molar-refractivity contribution >= 4 is 0 Å². The first kappa shape index (κ1) is 12.6. The average Bonchev–Trinajstić information content (AvgIpc) is 2.28. The van der Waals surface area contributed by atoms with E-state index < -0.39 is 0 Å². The fourth-order valence-electron chi connectivity index (χ4n) is 3.20. The van der Waals surface area contributed by atoms with Crippen LogP contribution in [0.2, 0.25) is 0 Å². The summed E-state index contributed by atoms with van der Waals surface area (Å²) in [6.07, 6.45) is 2.59. The molecule has 0 spiro atoms. The molecule has 0 unspecified atom stereocenters. The summed E-state index contributed by atoms with van der Waals surface area (Å²) in [4.78, 5) is 2.65. The molecule has 2 atom stereocenters. The van der Waals surface area contributed by atoms with Gasteiger partial charge < -0.3 is 0 Å². The Morgan fingerprint density at radius 3 is 2.29 bits per heavy atom. The predicted molar refractivity (Wildman–Crippen MR) is 74.3 cm³/mol. The zero-order valence-electron chi connectivity index (χ0n) is 11.6. The van der Waals surface area contributed by atoms with Crippen LogP contribution in [-0.4, -0.2) is 23.0 Å². The van der Waals surface area contributed by atoms with Gasteiger partial charge in [-0.1, -0.05) is 30.3 Å². The number of piperidine rings is 1. The molecule has 2 rings (SSSR count). The summed E-state index contributed by atoms with van der Waals surface area (Å²) >= 11 is 0. The Kier molecular flexibility index (Phi) is 3.58. The van der Waals surface area contributed by atoms with E-state index in [1.807, 2.05) is 0 Å². The summed E-state index contributed by atoms with van der Waals surface area (Å²) in [5.41, 5.74) is 1.83. The van der Waals surface area contributed by atoms with Crippen LogP contribution >= 0.6 is 0 Å². The highest BCUT2D eigenvalue weighted by atomic mass is 15.2. The standard InChI is InChI=1S/C16H25N/c1-13-12-15(14-8-6-5-7-9-14)10-11-17(13)16(2,3)4/h5-9,13,15H,10-12H2,1-4H3/t13-,15-/m1/s1. The number of likely N-dealkylation sites (tertiary alicyclic amines) is 1. The molecular formula is C16H25N. The maximum absolute atomic E-state index is 2.65. The minimum Gasteiger partial charge on any atom is -0.296 e. The molecule has 0 saturated carbocycles. The minimum absolute atomic E-state index is 0.307. The van der Waals surface area contributed by atoms with E-state index in [1.54, 1.807) is 0 Å². The van der Waals surface area contributed by atoms with Crippen LogP contribution in [0.3, 0.4) is 0 Å². The van der Waals surface area contributed by atoms with Crippen molar-refractivity contribution in [2.45, 2.75) is 58.0 Å². The Morgan fingerprint density at radius 1 is 1.12 bits per heavy atom. The lowest BCUT2D eigenvalue weighted by atomic mass is 9.84. The van der Waals surface area contributed by atoms with Gasteiger partial charge in [0.1, 0.15) is 0 Å². The number of benzene rings is 1.